The predicted octanol–water partition coefficient (Wildman–Crippen LogP) is 2.88. The highest BCUT2D eigenvalue weighted by Gasteiger charge is 2.29. The fraction of sp³-hybridized carbons (Fsp3) is 0.417. The van der Waals surface area contributed by atoms with Gasteiger partial charge in [-0.2, -0.15) is 0 Å². The average Bonchev–Trinajstić information content (AvgIpc) is 2.38. The summed E-state index contributed by atoms with van der Waals surface area (Å²) in [5.74, 6) is 0. The third kappa shape index (κ3) is 2.29. The highest BCUT2D eigenvalue weighted by molar-refractivity contribution is 7.97. The van der Waals surface area contributed by atoms with Gasteiger partial charge >= 0.3 is 0 Å². The summed E-state index contributed by atoms with van der Waals surface area (Å²) >= 11 is 1.43. The Morgan fingerprint density at radius 1 is 1.44 bits per heavy atom. The summed E-state index contributed by atoms with van der Waals surface area (Å²) in [7, 11) is 0. The van der Waals surface area contributed by atoms with Crippen molar-refractivity contribution in [1.82, 2.24) is 4.72 Å². The SMILES string of the molecule is CCCC1=Nc2ccccc2SNC1(C)O. The Bertz CT molecular complexity index is 415. The molecule has 1 unspecified atom stereocenters. The number of aliphatic imine (C=N–C) groups is 1. The second-order valence-corrected chi connectivity index (χ2v) is 4.90. The van der Waals surface area contributed by atoms with Crippen molar-refractivity contribution in [2.75, 3.05) is 0 Å². The summed E-state index contributed by atoms with van der Waals surface area (Å²) in [6.07, 6.45) is 1.78. The minimum Gasteiger partial charge on any atom is -0.370 e. The summed E-state index contributed by atoms with van der Waals surface area (Å²) in [6, 6.07) is 7.91. The fourth-order valence-electron chi connectivity index (χ4n) is 1.64. The van der Waals surface area contributed by atoms with E-state index in [0.717, 1.165) is 29.1 Å². The van der Waals surface area contributed by atoms with E-state index in [1.807, 2.05) is 24.3 Å². The third-order valence-corrected chi connectivity index (χ3v) is 3.59. The molecule has 0 aliphatic carbocycles. The quantitative estimate of drug-likeness (QED) is 0.776. The first-order valence-corrected chi connectivity index (χ1v) is 6.28. The van der Waals surface area contributed by atoms with Crippen molar-refractivity contribution in [3.05, 3.63) is 24.3 Å². The zero-order valence-corrected chi connectivity index (χ0v) is 10.3. The number of rotatable bonds is 2. The largest absolute Gasteiger partial charge is 0.370 e. The van der Waals surface area contributed by atoms with Gasteiger partial charge in [-0.15, -0.1) is 0 Å². The Hall–Kier alpha value is -0.840. The maximum Gasteiger partial charge on any atom is 0.161 e. The van der Waals surface area contributed by atoms with Crippen LogP contribution in [0.15, 0.2) is 34.2 Å². The molecule has 0 spiro atoms. The number of fused-ring (bicyclic) bond motifs is 1. The van der Waals surface area contributed by atoms with E-state index >= 15 is 0 Å². The summed E-state index contributed by atoms with van der Waals surface area (Å²) in [5, 5.41) is 10.3. The molecule has 1 aliphatic rings. The Kier molecular flexibility index (Phi) is 3.33. The number of nitrogens with zero attached hydrogens (tertiary/aromatic N) is 1. The lowest BCUT2D eigenvalue weighted by Crippen LogP contribution is -2.45. The summed E-state index contributed by atoms with van der Waals surface area (Å²) in [6.45, 7) is 3.84. The molecule has 1 aromatic carbocycles. The van der Waals surface area contributed by atoms with Crippen LogP contribution in [0.3, 0.4) is 0 Å². The Morgan fingerprint density at radius 2 is 2.19 bits per heavy atom. The first kappa shape index (κ1) is 11.6. The highest BCUT2D eigenvalue weighted by atomic mass is 32.2. The molecule has 1 heterocycles. The van der Waals surface area contributed by atoms with Crippen LogP contribution in [0.1, 0.15) is 26.7 Å². The van der Waals surface area contributed by atoms with Crippen LogP contribution in [0.5, 0.6) is 0 Å². The van der Waals surface area contributed by atoms with Crippen molar-refractivity contribution < 1.29 is 5.11 Å². The van der Waals surface area contributed by atoms with Crippen molar-refractivity contribution in [3.63, 3.8) is 0 Å². The minimum absolute atomic E-state index is 0.799. The van der Waals surface area contributed by atoms with Crippen LogP contribution in [0.25, 0.3) is 0 Å². The van der Waals surface area contributed by atoms with Gasteiger partial charge in [0.25, 0.3) is 0 Å². The molecular formula is C12H16N2OS. The normalized spacial score (nSPS) is 24.6. The van der Waals surface area contributed by atoms with Gasteiger partial charge in [-0.1, -0.05) is 25.5 Å². The van der Waals surface area contributed by atoms with Crippen molar-refractivity contribution in [2.24, 2.45) is 4.99 Å². The third-order valence-electron chi connectivity index (χ3n) is 2.53. The zero-order chi connectivity index (χ0) is 11.6. The molecule has 0 amide bonds. The van der Waals surface area contributed by atoms with E-state index in [9.17, 15) is 5.11 Å². The van der Waals surface area contributed by atoms with Crippen LogP contribution >= 0.6 is 11.9 Å². The first-order chi connectivity index (χ1) is 7.63. The topological polar surface area (TPSA) is 44.6 Å². The molecule has 2 N–H and O–H groups in total. The molecule has 86 valence electrons. The Morgan fingerprint density at radius 3 is 2.94 bits per heavy atom. The number of nitrogens with one attached hydrogen (secondary N) is 1. The molecule has 1 aromatic rings. The Labute approximate surface area is 100 Å². The molecule has 0 saturated heterocycles. The molecule has 0 radical (unpaired) electrons. The number of benzene rings is 1. The standard InChI is InChI=1S/C12H16N2OS/c1-3-6-11-12(2,15)14-16-10-8-5-4-7-9(10)13-11/h4-5,7-8,14-15H,3,6H2,1-2H3. The van der Waals surface area contributed by atoms with Crippen LogP contribution in [-0.4, -0.2) is 16.5 Å². The van der Waals surface area contributed by atoms with Crippen LogP contribution < -0.4 is 4.72 Å². The van der Waals surface area contributed by atoms with Gasteiger partial charge in [-0.3, -0.25) is 4.99 Å². The van der Waals surface area contributed by atoms with Gasteiger partial charge in [0.15, 0.2) is 5.72 Å². The summed E-state index contributed by atoms with van der Waals surface area (Å²) < 4.78 is 3.05. The van der Waals surface area contributed by atoms with Crippen molar-refractivity contribution in [3.8, 4) is 0 Å². The van der Waals surface area contributed by atoms with E-state index in [1.54, 1.807) is 6.92 Å². The smallest absolute Gasteiger partial charge is 0.161 e. The molecule has 0 aromatic heterocycles. The number of para-hydroxylation sites is 1. The molecule has 0 fully saturated rings. The molecule has 2 rings (SSSR count). The lowest BCUT2D eigenvalue weighted by atomic mass is 10.1. The van der Waals surface area contributed by atoms with Gasteiger partial charge in [0.1, 0.15) is 0 Å². The van der Waals surface area contributed by atoms with Crippen molar-refractivity contribution in [2.45, 2.75) is 37.3 Å². The van der Waals surface area contributed by atoms with E-state index in [-0.39, 0.29) is 0 Å². The van der Waals surface area contributed by atoms with Crippen LogP contribution in [0.2, 0.25) is 0 Å². The lowest BCUT2D eigenvalue weighted by molar-refractivity contribution is 0.122. The molecule has 1 aliphatic heterocycles. The second kappa shape index (κ2) is 4.57. The number of hydrogen-bond acceptors (Lipinski definition) is 4. The molecule has 3 nitrogen and oxygen atoms in total. The molecule has 0 bridgehead atoms. The van der Waals surface area contributed by atoms with E-state index in [4.69, 9.17) is 0 Å². The van der Waals surface area contributed by atoms with Gasteiger partial charge in [0.2, 0.25) is 0 Å². The molecular weight excluding hydrogens is 220 g/mol. The zero-order valence-electron chi connectivity index (χ0n) is 9.53. The minimum atomic E-state index is -1.03. The molecule has 16 heavy (non-hydrogen) atoms. The van der Waals surface area contributed by atoms with Crippen molar-refractivity contribution >= 4 is 23.3 Å². The van der Waals surface area contributed by atoms with Gasteiger partial charge in [0.05, 0.1) is 11.4 Å². The second-order valence-electron chi connectivity index (χ2n) is 4.05. The van der Waals surface area contributed by atoms with E-state index in [0.29, 0.717) is 0 Å². The maximum absolute atomic E-state index is 10.3. The van der Waals surface area contributed by atoms with Crippen LogP contribution in [0, 0.1) is 0 Å². The van der Waals surface area contributed by atoms with Crippen LogP contribution in [-0.2, 0) is 0 Å². The summed E-state index contributed by atoms with van der Waals surface area (Å²) in [5.41, 5.74) is 0.702. The van der Waals surface area contributed by atoms with Crippen molar-refractivity contribution in [1.29, 1.82) is 0 Å². The van der Waals surface area contributed by atoms with E-state index in [2.05, 4.69) is 16.6 Å². The molecule has 0 saturated carbocycles. The van der Waals surface area contributed by atoms with Gasteiger partial charge < -0.3 is 5.11 Å². The average molecular weight is 236 g/mol. The number of aliphatic hydroxyl groups is 1. The lowest BCUT2D eigenvalue weighted by Gasteiger charge is -2.23. The predicted molar refractivity (Wildman–Crippen MR) is 68.1 cm³/mol. The first-order valence-electron chi connectivity index (χ1n) is 5.47. The monoisotopic (exact) mass is 236 g/mol. The van der Waals surface area contributed by atoms with Gasteiger partial charge in [0, 0.05) is 4.90 Å². The Balaban J connectivity index is 2.42. The van der Waals surface area contributed by atoms with Gasteiger partial charge in [-0.25, -0.2) is 4.72 Å². The fourth-order valence-corrected chi connectivity index (χ4v) is 2.43. The van der Waals surface area contributed by atoms with Crippen LogP contribution in [0.4, 0.5) is 5.69 Å². The van der Waals surface area contributed by atoms with E-state index in [1.165, 1.54) is 11.9 Å². The summed E-state index contributed by atoms with van der Waals surface area (Å²) in [4.78, 5) is 5.61. The van der Waals surface area contributed by atoms with Gasteiger partial charge in [-0.05, 0) is 37.4 Å². The highest BCUT2D eigenvalue weighted by Crippen LogP contribution is 2.33. The maximum atomic E-state index is 10.3. The number of hydrogen-bond donors (Lipinski definition) is 2. The van der Waals surface area contributed by atoms with E-state index < -0.39 is 5.72 Å². The molecule has 4 heteroatoms. The molecule has 1 atom stereocenters.